The topological polar surface area (TPSA) is 144 Å². The molecule has 0 aromatic heterocycles. The molecule has 1 fully saturated rings. The van der Waals surface area contributed by atoms with Crippen molar-refractivity contribution in [3.8, 4) is 0 Å². The first-order valence-electron chi connectivity index (χ1n) is 12.3. The molecule has 1 aliphatic heterocycles. The highest BCUT2D eigenvalue weighted by Gasteiger charge is 2.53. The normalized spacial score (nSPS) is 17.6. The fourth-order valence-corrected chi connectivity index (χ4v) is 9.16. The Bertz CT molecular complexity index is 646. The summed E-state index contributed by atoms with van der Waals surface area (Å²) in [6.45, 7) is 0.535. The molecular weight excluding hydrogens is 545 g/mol. The van der Waals surface area contributed by atoms with Gasteiger partial charge in [-0.1, -0.05) is 0 Å². The van der Waals surface area contributed by atoms with Gasteiger partial charge in [0.1, 0.15) is 0 Å². The molecule has 0 aromatic carbocycles. The summed E-state index contributed by atoms with van der Waals surface area (Å²) in [5.74, 6) is -0.974. The van der Waals surface area contributed by atoms with Crippen molar-refractivity contribution in [2.24, 2.45) is 0 Å². The van der Waals surface area contributed by atoms with Crippen molar-refractivity contribution in [2.45, 2.75) is 68.5 Å². The molecule has 0 aliphatic carbocycles. The van der Waals surface area contributed by atoms with Crippen molar-refractivity contribution in [1.82, 2.24) is 4.90 Å². The zero-order valence-corrected chi connectivity index (χ0v) is 26.5. The zero-order valence-electron chi connectivity index (χ0n) is 23.6. The molecule has 0 spiro atoms. The van der Waals surface area contributed by atoms with Crippen LogP contribution in [0.2, 0.25) is 12.1 Å². The smallest absolute Gasteiger partial charge is 0.377 e. The van der Waals surface area contributed by atoms with Gasteiger partial charge in [-0.05, 0) is 38.5 Å². The predicted molar refractivity (Wildman–Crippen MR) is 140 cm³/mol. The highest BCUT2D eigenvalue weighted by Crippen LogP contribution is 2.45. The molecule has 0 bridgehead atoms. The Morgan fingerprint density at radius 1 is 0.784 bits per heavy atom. The third kappa shape index (κ3) is 9.37. The standard InChI is InChI=1S/C21H48NO12PSi2/c1-26-21(27-2)14-9-16-22(21)20(15-17-34-35(23,24)25,12-10-18-36(28-3,29-4)30-5)13-11-19-37(31-6,32-7)33-8/h9-19H2,1-8H3,(H2,23,24,25). The lowest BCUT2D eigenvalue weighted by molar-refractivity contribution is -0.304. The highest BCUT2D eigenvalue weighted by molar-refractivity contribution is 7.46. The molecular formula is C21H48NO12PSi2. The molecule has 0 amide bonds. The molecule has 0 atom stereocenters. The Labute approximate surface area is 223 Å². The first-order valence-corrected chi connectivity index (χ1v) is 17.7. The van der Waals surface area contributed by atoms with Gasteiger partial charge >= 0.3 is 25.4 Å². The molecule has 0 unspecified atom stereocenters. The van der Waals surface area contributed by atoms with Crippen molar-refractivity contribution in [2.75, 3.05) is 70.0 Å². The third-order valence-electron chi connectivity index (χ3n) is 7.44. The van der Waals surface area contributed by atoms with Crippen molar-refractivity contribution in [1.29, 1.82) is 0 Å². The van der Waals surface area contributed by atoms with Crippen LogP contribution in [0.4, 0.5) is 0 Å². The summed E-state index contributed by atoms with van der Waals surface area (Å²) in [6, 6.07) is 1.12. The summed E-state index contributed by atoms with van der Waals surface area (Å²) in [5, 5.41) is 0. The number of methoxy groups -OCH3 is 2. The highest BCUT2D eigenvalue weighted by atomic mass is 31.2. The Morgan fingerprint density at radius 3 is 1.57 bits per heavy atom. The van der Waals surface area contributed by atoms with Crippen LogP contribution < -0.4 is 0 Å². The van der Waals surface area contributed by atoms with Crippen molar-refractivity contribution >= 4 is 25.4 Å². The van der Waals surface area contributed by atoms with Crippen LogP contribution in [0.1, 0.15) is 44.9 Å². The van der Waals surface area contributed by atoms with Crippen molar-refractivity contribution in [3.63, 3.8) is 0 Å². The van der Waals surface area contributed by atoms with Crippen LogP contribution in [-0.2, 0) is 45.1 Å². The van der Waals surface area contributed by atoms with E-state index in [1.807, 2.05) is 0 Å². The van der Waals surface area contributed by atoms with Gasteiger partial charge in [0.05, 0.1) is 6.61 Å². The lowest BCUT2D eigenvalue weighted by Gasteiger charge is -2.50. The summed E-state index contributed by atoms with van der Waals surface area (Å²) in [7, 11) is 2.34. The fourth-order valence-electron chi connectivity index (χ4n) is 5.39. The summed E-state index contributed by atoms with van der Waals surface area (Å²) < 4.78 is 62.0. The molecule has 2 N–H and O–H groups in total. The molecule has 13 nitrogen and oxygen atoms in total. The van der Waals surface area contributed by atoms with Crippen LogP contribution in [0.3, 0.4) is 0 Å². The van der Waals surface area contributed by atoms with Crippen LogP contribution in [-0.4, -0.2) is 114 Å². The van der Waals surface area contributed by atoms with Crippen LogP contribution in [0.25, 0.3) is 0 Å². The van der Waals surface area contributed by atoms with E-state index in [0.717, 1.165) is 6.42 Å². The van der Waals surface area contributed by atoms with Crippen LogP contribution in [0, 0.1) is 0 Å². The summed E-state index contributed by atoms with van der Waals surface area (Å²) in [4.78, 5) is 20.9. The van der Waals surface area contributed by atoms with E-state index in [2.05, 4.69) is 4.90 Å². The van der Waals surface area contributed by atoms with E-state index in [1.54, 1.807) is 56.9 Å². The second-order valence-electron chi connectivity index (χ2n) is 8.97. The number of hydrogen-bond acceptors (Lipinski definition) is 11. The maximum atomic E-state index is 11.5. The van der Waals surface area contributed by atoms with Crippen molar-refractivity contribution in [3.05, 3.63) is 0 Å². The summed E-state index contributed by atoms with van der Waals surface area (Å²) in [6.07, 6.45) is 4.40. The Kier molecular flexibility index (Phi) is 15.1. The van der Waals surface area contributed by atoms with E-state index < -0.39 is 36.9 Å². The minimum absolute atomic E-state index is 0.146. The Balaban J connectivity index is 3.38. The number of hydrogen-bond donors (Lipinski definition) is 2. The van der Waals surface area contributed by atoms with Gasteiger partial charge < -0.3 is 45.8 Å². The molecule has 0 aromatic rings. The molecule has 0 saturated carbocycles. The lowest BCUT2D eigenvalue weighted by atomic mass is 9.83. The largest absolute Gasteiger partial charge is 0.500 e. The molecule has 1 saturated heterocycles. The quantitative estimate of drug-likeness (QED) is 0.114. The molecule has 37 heavy (non-hydrogen) atoms. The monoisotopic (exact) mass is 593 g/mol. The fraction of sp³-hybridized carbons (Fsp3) is 1.00. The van der Waals surface area contributed by atoms with Crippen LogP contribution in [0.5, 0.6) is 0 Å². The molecule has 222 valence electrons. The van der Waals surface area contributed by atoms with E-state index in [9.17, 15) is 14.4 Å². The molecule has 1 rings (SSSR count). The minimum Gasteiger partial charge on any atom is -0.377 e. The van der Waals surface area contributed by atoms with Crippen LogP contribution >= 0.6 is 7.82 Å². The average Bonchev–Trinajstić information content (AvgIpc) is 3.34. The molecule has 0 radical (unpaired) electrons. The lowest BCUT2D eigenvalue weighted by Crippen LogP contribution is -2.60. The molecule has 1 heterocycles. The number of ether oxygens (including phenoxy) is 2. The third-order valence-corrected chi connectivity index (χ3v) is 13.6. The maximum Gasteiger partial charge on any atom is 0.500 e. The van der Waals surface area contributed by atoms with Gasteiger partial charge in [0.2, 0.25) is 5.91 Å². The average molecular weight is 594 g/mol. The molecule has 16 heteroatoms. The zero-order chi connectivity index (χ0) is 28.2. The van der Waals surface area contributed by atoms with E-state index in [4.69, 9.17) is 40.6 Å². The predicted octanol–water partition coefficient (Wildman–Crippen LogP) is 2.58. The van der Waals surface area contributed by atoms with Gasteiger partial charge in [-0.2, -0.15) is 0 Å². The van der Waals surface area contributed by atoms with Gasteiger partial charge in [0.15, 0.2) is 0 Å². The first-order chi connectivity index (χ1) is 17.4. The Morgan fingerprint density at radius 2 is 1.22 bits per heavy atom. The van der Waals surface area contributed by atoms with Gasteiger partial charge in [-0.25, -0.2) is 9.46 Å². The number of rotatable bonds is 21. The first kappa shape index (κ1) is 35.2. The van der Waals surface area contributed by atoms with Gasteiger partial charge in [-0.15, -0.1) is 0 Å². The van der Waals surface area contributed by atoms with Crippen LogP contribution in [0.15, 0.2) is 0 Å². The van der Waals surface area contributed by atoms with E-state index in [1.165, 1.54) is 0 Å². The summed E-state index contributed by atoms with van der Waals surface area (Å²) >= 11 is 0. The van der Waals surface area contributed by atoms with Gasteiger partial charge in [0, 0.05) is 87.5 Å². The number of phosphoric ester groups is 1. The second kappa shape index (κ2) is 15.8. The van der Waals surface area contributed by atoms with E-state index in [-0.39, 0.29) is 6.61 Å². The number of nitrogens with zero attached hydrogens (tertiary/aromatic N) is 1. The van der Waals surface area contributed by atoms with Gasteiger partial charge in [0.25, 0.3) is 0 Å². The van der Waals surface area contributed by atoms with E-state index >= 15 is 0 Å². The second-order valence-corrected chi connectivity index (χ2v) is 16.4. The van der Waals surface area contributed by atoms with E-state index in [0.29, 0.717) is 57.2 Å². The number of likely N-dealkylation sites (tertiary alicyclic amines) is 1. The molecule has 1 aliphatic rings. The number of phosphoric acid groups is 1. The summed E-state index contributed by atoms with van der Waals surface area (Å²) in [5.41, 5.74) is -0.609. The maximum absolute atomic E-state index is 11.5. The van der Waals surface area contributed by atoms with Gasteiger partial charge in [-0.3, -0.25) is 4.52 Å². The SMILES string of the molecule is COC1(OC)CCCN1C(CCC[Si](OC)(OC)OC)(CCC[Si](OC)(OC)OC)CCOP(=O)(O)O. The Hall–Kier alpha value is 0.184. The minimum atomic E-state index is -4.65. The van der Waals surface area contributed by atoms with Crippen molar-refractivity contribution < 1.29 is 54.9 Å².